The standard InChI is InChI=1S/C4H5F3.C3H10O3Si/c5-4(6,7)3-1-2-3;1-4-7(5-2)6-3/h3H,1-2H2;7H,1-3H3. The first-order valence-corrected chi connectivity index (χ1v) is 5.52. The molecule has 1 aliphatic rings. The molecule has 0 aromatic heterocycles. The largest absolute Gasteiger partial charge is 0.483 e. The van der Waals surface area contributed by atoms with Crippen LogP contribution in [-0.2, 0) is 13.3 Å². The van der Waals surface area contributed by atoms with Gasteiger partial charge in [-0.1, -0.05) is 0 Å². The minimum absolute atomic E-state index is 0.351. The van der Waals surface area contributed by atoms with Crippen molar-refractivity contribution >= 4 is 9.53 Å². The highest BCUT2D eigenvalue weighted by Crippen LogP contribution is 2.43. The number of hydrogen-bond acceptors (Lipinski definition) is 3. The van der Waals surface area contributed by atoms with E-state index in [9.17, 15) is 13.2 Å². The molecule has 3 nitrogen and oxygen atoms in total. The third-order valence-corrected chi connectivity index (χ3v) is 2.77. The summed E-state index contributed by atoms with van der Waals surface area (Å²) >= 11 is 0. The summed E-state index contributed by atoms with van der Waals surface area (Å²) in [5, 5.41) is 0. The van der Waals surface area contributed by atoms with Crippen molar-refractivity contribution < 1.29 is 26.4 Å². The SMILES string of the molecule is CO[SiH](OC)OC.FC(F)(F)C1CC1. The van der Waals surface area contributed by atoms with Crippen LogP contribution in [0.15, 0.2) is 0 Å². The molecular formula is C7H15F3O3Si. The second kappa shape index (κ2) is 6.39. The molecule has 0 heterocycles. The summed E-state index contributed by atoms with van der Waals surface area (Å²) in [6.45, 7) is 0. The van der Waals surface area contributed by atoms with Crippen molar-refractivity contribution in [2.75, 3.05) is 21.3 Å². The van der Waals surface area contributed by atoms with E-state index in [0.29, 0.717) is 12.8 Å². The van der Waals surface area contributed by atoms with Gasteiger partial charge >= 0.3 is 15.7 Å². The van der Waals surface area contributed by atoms with E-state index in [-0.39, 0.29) is 0 Å². The van der Waals surface area contributed by atoms with Gasteiger partial charge in [-0.05, 0) is 12.8 Å². The van der Waals surface area contributed by atoms with Gasteiger partial charge in [0.25, 0.3) is 0 Å². The van der Waals surface area contributed by atoms with Gasteiger partial charge in [0, 0.05) is 21.3 Å². The third kappa shape index (κ3) is 6.36. The molecule has 14 heavy (non-hydrogen) atoms. The Morgan fingerprint density at radius 3 is 1.36 bits per heavy atom. The topological polar surface area (TPSA) is 27.7 Å². The van der Waals surface area contributed by atoms with Crippen molar-refractivity contribution in [3.63, 3.8) is 0 Å². The van der Waals surface area contributed by atoms with Gasteiger partial charge in [0.15, 0.2) is 0 Å². The fraction of sp³-hybridized carbons (Fsp3) is 1.00. The Kier molecular flexibility index (Phi) is 6.33. The lowest BCUT2D eigenvalue weighted by molar-refractivity contribution is -0.147. The van der Waals surface area contributed by atoms with E-state index in [0.717, 1.165) is 0 Å². The Morgan fingerprint density at radius 2 is 1.36 bits per heavy atom. The zero-order valence-corrected chi connectivity index (χ0v) is 9.58. The monoisotopic (exact) mass is 232 g/mol. The first kappa shape index (κ1) is 13.9. The maximum absolute atomic E-state index is 11.2. The van der Waals surface area contributed by atoms with E-state index in [1.165, 1.54) is 0 Å². The Labute approximate surface area is 83.1 Å². The lowest BCUT2D eigenvalue weighted by Crippen LogP contribution is -2.21. The second-order valence-electron chi connectivity index (χ2n) is 2.81. The van der Waals surface area contributed by atoms with Crippen LogP contribution in [0.1, 0.15) is 12.8 Å². The van der Waals surface area contributed by atoms with Crippen molar-refractivity contribution in [3.8, 4) is 0 Å². The van der Waals surface area contributed by atoms with E-state index in [1.807, 2.05) is 0 Å². The van der Waals surface area contributed by atoms with E-state index in [1.54, 1.807) is 21.3 Å². The summed E-state index contributed by atoms with van der Waals surface area (Å²) in [5.74, 6) is -0.951. The zero-order valence-electron chi connectivity index (χ0n) is 8.43. The van der Waals surface area contributed by atoms with Crippen LogP contribution in [0.5, 0.6) is 0 Å². The molecule has 86 valence electrons. The lowest BCUT2D eigenvalue weighted by atomic mass is 10.4. The highest BCUT2D eigenvalue weighted by atomic mass is 28.3. The van der Waals surface area contributed by atoms with Crippen LogP contribution in [0.4, 0.5) is 13.2 Å². The maximum Gasteiger partial charge on any atom is 0.483 e. The smallest absolute Gasteiger partial charge is 0.379 e. The predicted molar refractivity (Wildman–Crippen MR) is 47.0 cm³/mol. The Morgan fingerprint density at radius 1 is 1.00 bits per heavy atom. The van der Waals surface area contributed by atoms with E-state index in [4.69, 9.17) is 13.3 Å². The van der Waals surface area contributed by atoms with Crippen molar-refractivity contribution in [2.24, 2.45) is 5.92 Å². The molecule has 1 rings (SSSR count). The molecule has 0 spiro atoms. The van der Waals surface area contributed by atoms with Crippen LogP contribution in [0.3, 0.4) is 0 Å². The zero-order chi connectivity index (χ0) is 11.2. The summed E-state index contributed by atoms with van der Waals surface area (Å²) < 4.78 is 48.0. The maximum atomic E-state index is 11.2. The van der Waals surface area contributed by atoms with Crippen LogP contribution in [0.2, 0.25) is 0 Å². The molecule has 0 radical (unpaired) electrons. The number of hydrogen-bond donors (Lipinski definition) is 0. The van der Waals surface area contributed by atoms with Gasteiger partial charge in [0.1, 0.15) is 0 Å². The summed E-state index contributed by atoms with van der Waals surface area (Å²) in [7, 11) is 3.05. The molecule has 0 aromatic carbocycles. The minimum atomic E-state index is -3.89. The first-order chi connectivity index (χ1) is 6.45. The molecule has 0 atom stereocenters. The molecule has 0 aromatic rings. The molecule has 0 N–H and O–H groups in total. The fourth-order valence-corrected chi connectivity index (χ4v) is 1.28. The van der Waals surface area contributed by atoms with Crippen LogP contribution in [0.25, 0.3) is 0 Å². The van der Waals surface area contributed by atoms with Gasteiger partial charge < -0.3 is 13.3 Å². The van der Waals surface area contributed by atoms with E-state index >= 15 is 0 Å². The molecule has 0 saturated heterocycles. The molecule has 1 saturated carbocycles. The van der Waals surface area contributed by atoms with Gasteiger partial charge in [0.05, 0.1) is 5.92 Å². The van der Waals surface area contributed by atoms with Gasteiger partial charge in [0.2, 0.25) is 0 Å². The fourth-order valence-electron chi connectivity index (χ4n) is 0.699. The van der Waals surface area contributed by atoms with Crippen LogP contribution in [-0.4, -0.2) is 37.0 Å². The molecular weight excluding hydrogens is 217 g/mol. The molecule has 0 aliphatic heterocycles. The van der Waals surface area contributed by atoms with Crippen molar-refractivity contribution in [1.29, 1.82) is 0 Å². The van der Waals surface area contributed by atoms with Crippen molar-refractivity contribution in [3.05, 3.63) is 0 Å². The van der Waals surface area contributed by atoms with Crippen LogP contribution in [0, 0.1) is 5.92 Å². The van der Waals surface area contributed by atoms with E-state index in [2.05, 4.69) is 0 Å². The number of halogens is 3. The summed E-state index contributed by atoms with van der Waals surface area (Å²) in [4.78, 5) is 0. The Bertz CT molecular complexity index is 140. The highest BCUT2D eigenvalue weighted by Gasteiger charge is 2.46. The summed E-state index contributed by atoms with van der Waals surface area (Å²) in [5.41, 5.74) is 0. The lowest BCUT2D eigenvalue weighted by Gasteiger charge is -2.05. The van der Waals surface area contributed by atoms with Crippen molar-refractivity contribution in [2.45, 2.75) is 19.0 Å². The quantitative estimate of drug-likeness (QED) is 0.692. The van der Waals surface area contributed by atoms with Gasteiger partial charge in [-0.2, -0.15) is 13.2 Å². The molecule has 1 fully saturated rings. The normalized spacial score (nSPS) is 16.5. The van der Waals surface area contributed by atoms with Gasteiger partial charge in [-0.25, -0.2) is 0 Å². The van der Waals surface area contributed by atoms with Crippen molar-refractivity contribution in [1.82, 2.24) is 0 Å². The Hall–Kier alpha value is -0.113. The van der Waals surface area contributed by atoms with Gasteiger partial charge in [-0.15, -0.1) is 0 Å². The van der Waals surface area contributed by atoms with E-state index < -0.39 is 21.6 Å². The summed E-state index contributed by atoms with van der Waals surface area (Å²) in [6, 6.07) is 0. The molecule has 0 bridgehead atoms. The highest BCUT2D eigenvalue weighted by molar-refractivity contribution is 6.36. The average Bonchev–Trinajstić information content (AvgIpc) is 2.89. The Balaban J connectivity index is 0.000000241. The molecule has 0 amide bonds. The molecule has 7 heteroatoms. The third-order valence-electron chi connectivity index (χ3n) is 1.62. The van der Waals surface area contributed by atoms with Crippen LogP contribution >= 0.6 is 0 Å². The predicted octanol–water partition coefficient (Wildman–Crippen LogP) is 1.60. The first-order valence-electron chi connectivity index (χ1n) is 4.10. The van der Waals surface area contributed by atoms with Crippen LogP contribution < -0.4 is 0 Å². The average molecular weight is 232 g/mol. The number of alkyl halides is 3. The van der Waals surface area contributed by atoms with Gasteiger partial charge in [-0.3, -0.25) is 0 Å². The minimum Gasteiger partial charge on any atom is -0.379 e. The molecule has 0 unspecified atom stereocenters. The summed E-state index contributed by atoms with van der Waals surface area (Å²) in [6.07, 6.45) is -3.19. The number of rotatable bonds is 3. The second-order valence-corrected chi connectivity index (χ2v) is 4.80. The molecule has 1 aliphatic carbocycles.